The quantitative estimate of drug-likeness (QED) is 0.674. The van der Waals surface area contributed by atoms with Crippen molar-refractivity contribution in [3.05, 3.63) is 36.9 Å². The van der Waals surface area contributed by atoms with Crippen LogP contribution in [0.4, 0.5) is 5.82 Å². The first-order valence-electron chi connectivity index (χ1n) is 5.02. The first kappa shape index (κ1) is 9.64. The molecule has 3 heterocycles. The molecule has 0 aliphatic carbocycles. The van der Waals surface area contributed by atoms with Crippen LogP contribution in [0, 0.1) is 0 Å². The minimum atomic E-state index is 0.378. The number of anilines is 1. The minimum Gasteiger partial charge on any atom is -0.382 e. The highest BCUT2D eigenvalue weighted by Gasteiger charge is 2.08. The van der Waals surface area contributed by atoms with Crippen LogP contribution in [0.25, 0.3) is 11.2 Å². The fourth-order valence-corrected chi connectivity index (χ4v) is 1.58. The van der Waals surface area contributed by atoms with E-state index in [-0.39, 0.29) is 0 Å². The Bertz CT molecular complexity index is 646. The topological polar surface area (TPSA) is 95.4 Å². The number of nitrogen functional groups attached to an aromatic ring is 1. The molecule has 0 saturated heterocycles. The second-order valence-electron chi connectivity index (χ2n) is 3.47. The van der Waals surface area contributed by atoms with Crippen molar-refractivity contribution in [1.29, 1.82) is 0 Å². The summed E-state index contributed by atoms with van der Waals surface area (Å²) in [6.45, 7) is 0.508. The van der Waals surface area contributed by atoms with Crippen molar-refractivity contribution in [3.63, 3.8) is 0 Å². The predicted octanol–water partition coefficient (Wildman–Crippen LogP) is 0.247. The Labute approximate surface area is 96.4 Å². The number of rotatable bonds is 2. The predicted molar refractivity (Wildman–Crippen MR) is 60.9 cm³/mol. The molecule has 0 saturated carbocycles. The molecule has 0 fully saturated rings. The monoisotopic (exact) mass is 227 g/mol. The third-order valence-corrected chi connectivity index (χ3v) is 2.36. The number of nitrogens with two attached hydrogens (primary N) is 1. The number of aromatic nitrogens is 6. The zero-order chi connectivity index (χ0) is 11.7. The van der Waals surface area contributed by atoms with Crippen molar-refractivity contribution < 1.29 is 0 Å². The molecule has 2 N–H and O–H groups in total. The first-order chi connectivity index (χ1) is 8.34. The minimum absolute atomic E-state index is 0.378. The van der Waals surface area contributed by atoms with Crippen LogP contribution in [0.5, 0.6) is 0 Å². The summed E-state index contributed by atoms with van der Waals surface area (Å²) in [4.78, 5) is 20.5. The van der Waals surface area contributed by atoms with E-state index in [1.54, 1.807) is 24.8 Å². The Balaban J connectivity index is 2.05. The average molecular weight is 227 g/mol. The molecule has 0 spiro atoms. The summed E-state index contributed by atoms with van der Waals surface area (Å²) in [6.07, 6.45) is 6.48. The molecule has 7 nitrogen and oxygen atoms in total. The van der Waals surface area contributed by atoms with Crippen molar-refractivity contribution in [1.82, 2.24) is 29.5 Å². The van der Waals surface area contributed by atoms with Gasteiger partial charge in [-0.3, -0.25) is 0 Å². The number of hydrogen-bond donors (Lipinski definition) is 1. The van der Waals surface area contributed by atoms with E-state index in [0.717, 1.165) is 0 Å². The lowest BCUT2D eigenvalue weighted by Gasteiger charge is -2.01. The second-order valence-corrected chi connectivity index (χ2v) is 3.47. The zero-order valence-electron chi connectivity index (χ0n) is 8.85. The molecule has 0 aromatic carbocycles. The van der Waals surface area contributed by atoms with Crippen LogP contribution in [0.15, 0.2) is 31.1 Å². The summed E-state index contributed by atoms with van der Waals surface area (Å²) < 4.78 is 1.84. The summed E-state index contributed by atoms with van der Waals surface area (Å²) in [5, 5.41) is 0. The lowest BCUT2D eigenvalue weighted by Crippen LogP contribution is -2.03. The molecule has 7 heteroatoms. The van der Waals surface area contributed by atoms with Crippen LogP contribution in [-0.2, 0) is 6.54 Å². The van der Waals surface area contributed by atoms with Crippen molar-refractivity contribution >= 4 is 17.0 Å². The summed E-state index contributed by atoms with van der Waals surface area (Å²) in [7, 11) is 0. The van der Waals surface area contributed by atoms with Crippen LogP contribution in [0.3, 0.4) is 0 Å². The molecule has 3 aromatic rings. The summed E-state index contributed by atoms with van der Waals surface area (Å²) in [6, 6.07) is 1.77. The SMILES string of the molecule is Nc1ncnc2c1ncn2Cc1ncccn1. The average Bonchev–Trinajstić information content (AvgIpc) is 2.76. The second kappa shape index (κ2) is 3.78. The van der Waals surface area contributed by atoms with E-state index in [2.05, 4.69) is 24.9 Å². The van der Waals surface area contributed by atoms with Gasteiger partial charge in [0, 0.05) is 12.4 Å². The van der Waals surface area contributed by atoms with Gasteiger partial charge in [-0.15, -0.1) is 0 Å². The van der Waals surface area contributed by atoms with Gasteiger partial charge in [-0.05, 0) is 6.07 Å². The lowest BCUT2D eigenvalue weighted by molar-refractivity contribution is 0.756. The molecule has 0 amide bonds. The van der Waals surface area contributed by atoms with Crippen molar-refractivity contribution in [2.24, 2.45) is 0 Å². The Morgan fingerprint density at radius 3 is 2.71 bits per heavy atom. The summed E-state index contributed by atoms with van der Waals surface area (Å²) in [5.74, 6) is 1.08. The van der Waals surface area contributed by atoms with Crippen molar-refractivity contribution in [3.8, 4) is 0 Å². The molecule has 0 radical (unpaired) electrons. The van der Waals surface area contributed by atoms with Gasteiger partial charge in [0.05, 0.1) is 12.9 Å². The van der Waals surface area contributed by atoms with E-state index in [4.69, 9.17) is 5.73 Å². The number of imidazole rings is 1. The molecule has 0 bridgehead atoms. The first-order valence-corrected chi connectivity index (χ1v) is 5.02. The Kier molecular flexibility index (Phi) is 2.14. The van der Waals surface area contributed by atoms with Gasteiger partial charge in [-0.25, -0.2) is 24.9 Å². The molecule has 0 aliphatic heterocycles. The zero-order valence-corrected chi connectivity index (χ0v) is 8.85. The van der Waals surface area contributed by atoms with Gasteiger partial charge in [0.1, 0.15) is 17.7 Å². The van der Waals surface area contributed by atoms with Crippen LogP contribution >= 0.6 is 0 Å². The number of fused-ring (bicyclic) bond motifs is 1. The third-order valence-electron chi connectivity index (χ3n) is 2.36. The van der Waals surface area contributed by atoms with Crippen LogP contribution in [0.1, 0.15) is 5.82 Å². The van der Waals surface area contributed by atoms with Crippen molar-refractivity contribution in [2.75, 3.05) is 5.73 Å². The highest BCUT2D eigenvalue weighted by molar-refractivity contribution is 5.81. The molecule has 3 aromatic heterocycles. The normalized spacial score (nSPS) is 10.8. The fourth-order valence-electron chi connectivity index (χ4n) is 1.58. The van der Waals surface area contributed by atoms with Crippen LogP contribution < -0.4 is 5.73 Å². The smallest absolute Gasteiger partial charge is 0.165 e. The van der Waals surface area contributed by atoms with E-state index < -0.39 is 0 Å². The highest BCUT2D eigenvalue weighted by Crippen LogP contribution is 2.14. The number of hydrogen-bond acceptors (Lipinski definition) is 6. The van der Waals surface area contributed by atoms with Gasteiger partial charge in [0.2, 0.25) is 0 Å². The van der Waals surface area contributed by atoms with Gasteiger partial charge < -0.3 is 10.3 Å². The van der Waals surface area contributed by atoms with Gasteiger partial charge >= 0.3 is 0 Å². The molecule has 84 valence electrons. The standard InChI is InChI=1S/C10H9N7/c11-9-8-10(15-5-14-9)17(6-16-8)4-7-12-2-1-3-13-7/h1-3,5-6H,4H2,(H2,11,14,15). The van der Waals surface area contributed by atoms with Gasteiger partial charge in [-0.1, -0.05) is 0 Å². The third kappa shape index (κ3) is 1.67. The maximum absolute atomic E-state index is 5.70. The highest BCUT2D eigenvalue weighted by atomic mass is 15.1. The Morgan fingerprint density at radius 1 is 1.06 bits per heavy atom. The largest absolute Gasteiger partial charge is 0.382 e. The fraction of sp³-hybridized carbons (Fsp3) is 0.100. The van der Waals surface area contributed by atoms with E-state index in [1.165, 1.54) is 6.33 Å². The maximum atomic E-state index is 5.70. The Morgan fingerprint density at radius 2 is 1.88 bits per heavy atom. The molecule has 3 rings (SSSR count). The summed E-state index contributed by atoms with van der Waals surface area (Å²) in [5.41, 5.74) is 6.99. The van der Waals surface area contributed by atoms with E-state index >= 15 is 0 Å². The molecule has 17 heavy (non-hydrogen) atoms. The van der Waals surface area contributed by atoms with Gasteiger partial charge in [0.25, 0.3) is 0 Å². The van der Waals surface area contributed by atoms with E-state index in [9.17, 15) is 0 Å². The van der Waals surface area contributed by atoms with E-state index in [0.29, 0.717) is 29.4 Å². The molecular formula is C10H9N7. The summed E-state index contributed by atoms with van der Waals surface area (Å²) >= 11 is 0. The van der Waals surface area contributed by atoms with Gasteiger partial charge in [-0.2, -0.15) is 0 Å². The van der Waals surface area contributed by atoms with Crippen LogP contribution in [0.2, 0.25) is 0 Å². The molecule has 0 unspecified atom stereocenters. The van der Waals surface area contributed by atoms with Crippen LogP contribution in [-0.4, -0.2) is 29.5 Å². The van der Waals surface area contributed by atoms with E-state index in [1.807, 2.05) is 4.57 Å². The molecule has 0 aliphatic rings. The Hall–Kier alpha value is -2.57. The molecular weight excluding hydrogens is 218 g/mol. The molecule has 0 atom stereocenters. The van der Waals surface area contributed by atoms with Gasteiger partial charge in [0.15, 0.2) is 11.5 Å². The maximum Gasteiger partial charge on any atom is 0.165 e. The number of nitrogens with zero attached hydrogens (tertiary/aromatic N) is 6. The lowest BCUT2D eigenvalue weighted by atomic mass is 10.5. The van der Waals surface area contributed by atoms with Crippen molar-refractivity contribution in [2.45, 2.75) is 6.54 Å².